The third-order valence-corrected chi connectivity index (χ3v) is 3.76. The molecule has 23 heavy (non-hydrogen) atoms. The molecule has 2 aromatic rings. The van der Waals surface area contributed by atoms with E-state index in [2.05, 4.69) is 10.6 Å². The number of hydrogen-bond donors (Lipinski definition) is 2. The zero-order chi connectivity index (χ0) is 15.2. The molecule has 0 saturated carbocycles. The summed E-state index contributed by atoms with van der Waals surface area (Å²) in [6.45, 7) is 3.20. The fourth-order valence-electron chi connectivity index (χ4n) is 2.30. The number of carbonyl (C=O) groups is 1. The van der Waals surface area contributed by atoms with Gasteiger partial charge in [-0.05, 0) is 23.8 Å². The summed E-state index contributed by atoms with van der Waals surface area (Å²) in [7, 11) is 0. The highest BCUT2D eigenvalue weighted by Gasteiger charge is 2.17. The number of nitrogens with one attached hydrogen (secondary N) is 2. The van der Waals surface area contributed by atoms with Crippen LogP contribution >= 0.6 is 12.4 Å². The Morgan fingerprint density at radius 3 is 2.61 bits per heavy atom. The number of rotatable bonds is 6. The van der Waals surface area contributed by atoms with Gasteiger partial charge in [-0.3, -0.25) is 4.79 Å². The van der Waals surface area contributed by atoms with Gasteiger partial charge < -0.3 is 15.4 Å². The van der Waals surface area contributed by atoms with Gasteiger partial charge in [0.1, 0.15) is 12.4 Å². The second kappa shape index (κ2) is 8.56. The van der Waals surface area contributed by atoms with Crippen molar-refractivity contribution in [3.63, 3.8) is 0 Å². The molecule has 5 heteroatoms. The maximum atomic E-state index is 12.1. The Morgan fingerprint density at radius 1 is 1.13 bits per heavy atom. The molecule has 1 fully saturated rings. The summed E-state index contributed by atoms with van der Waals surface area (Å²) in [5, 5.41) is 6.16. The van der Waals surface area contributed by atoms with E-state index in [9.17, 15) is 4.79 Å². The van der Waals surface area contributed by atoms with Crippen molar-refractivity contribution in [2.24, 2.45) is 5.92 Å². The van der Waals surface area contributed by atoms with E-state index in [0.29, 0.717) is 23.8 Å². The van der Waals surface area contributed by atoms with Crippen LogP contribution in [0.2, 0.25) is 0 Å². The van der Waals surface area contributed by atoms with Crippen molar-refractivity contribution in [2.75, 3.05) is 19.6 Å². The van der Waals surface area contributed by atoms with E-state index in [-0.39, 0.29) is 18.3 Å². The molecule has 0 spiro atoms. The molecule has 0 aromatic heterocycles. The second-order valence-electron chi connectivity index (χ2n) is 5.54. The topological polar surface area (TPSA) is 50.4 Å². The lowest BCUT2D eigenvalue weighted by Crippen LogP contribution is -2.48. The number of halogens is 1. The zero-order valence-electron chi connectivity index (χ0n) is 12.8. The van der Waals surface area contributed by atoms with Crippen molar-refractivity contribution in [1.82, 2.24) is 10.6 Å². The number of hydrogen-bond acceptors (Lipinski definition) is 3. The lowest BCUT2D eigenvalue weighted by atomic mass is 10.0. The number of amides is 1. The highest BCUT2D eigenvalue weighted by molar-refractivity contribution is 5.94. The molecule has 0 unspecified atom stereocenters. The van der Waals surface area contributed by atoms with Crippen molar-refractivity contribution >= 4 is 18.3 Å². The largest absolute Gasteiger partial charge is 0.489 e. The van der Waals surface area contributed by atoms with Crippen LogP contribution in [0.15, 0.2) is 54.6 Å². The molecule has 122 valence electrons. The number of benzene rings is 2. The lowest BCUT2D eigenvalue weighted by Gasteiger charge is -2.27. The van der Waals surface area contributed by atoms with E-state index in [1.807, 2.05) is 48.5 Å². The SMILES string of the molecule is Cl.O=C(NCC1CNC1)c1cccc(OCc2ccccc2)c1. The van der Waals surface area contributed by atoms with Gasteiger partial charge in [-0.2, -0.15) is 0 Å². The average molecular weight is 333 g/mol. The molecule has 1 amide bonds. The Kier molecular flexibility index (Phi) is 6.44. The average Bonchev–Trinajstić information content (AvgIpc) is 2.52. The molecular formula is C18H21ClN2O2. The van der Waals surface area contributed by atoms with Crippen LogP contribution in [0.5, 0.6) is 5.75 Å². The second-order valence-corrected chi connectivity index (χ2v) is 5.54. The van der Waals surface area contributed by atoms with Gasteiger partial charge in [0.05, 0.1) is 0 Å². The first kappa shape index (κ1) is 17.3. The molecule has 1 saturated heterocycles. The van der Waals surface area contributed by atoms with Crippen LogP contribution in [-0.2, 0) is 6.61 Å². The minimum Gasteiger partial charge on any atom is -0.489 e. The molecule has 0 bridgehead atoms. The third-order valence-electron chi connectivity index (χ3n) is 3.76. The van der Waals surface area contributed by atoms with Crippen LogP contribution in [0.4, 0.5) is 0 Å². The Morgan fingerprint density at radius 2 is 1.91 bits per heavy atom. The van der Waals surface area contributed by atoms with E-state index in [1.165, 1.54) is 0 Å². The Balaban J connectivity index is 0.00000192. The van der Waals surface area contributed by atoms with Crippen molar-refractivity contribution in [1.29, 1.82) is 0 Å². The van der Waals surface area contributed by atoms with Crippen LogP contribution in [0.25, 0.3) is 0 Å². The predicted octanol–water partition coefficient (Wildman–Crippen LogP) is 2.64. The van der Waals surface area contributed by atoms with E-state index in [1.54, 1.807) is 6.07 Å². The quantitative estimate of drug-likeness (QED) is 0.855. The molecule has 0 atom stereocenters. The van der Waals surface area contributed by atoms with E-state index >= 15 is 0 Å². The molecule has 1 aliphatic rings. The van der Waals surface area contributed by atoms with Gasteiger partial charge in [0.25, 0.3) is 5.91 Å². The standard InChI is InChI=1S/C18H20N2O2.ClH/c21-18(20-12-15-10-19-11-15)16-7-4-8-17(9-16)22-13-14-5-2-1-3-6-14;/h1-9,15,19H,10-13H2,(H,20,21);1H. The smallest absolute Gasteiger partial charge is 0.251 e. The molecule has 0 radical (unpaired) electrons. The zero-order valence-corrected chi connectivity index (χ0v) is 13.6. The highest BCUT2D eigenvalue weighted by atomic mass is 35.5. The van der Waals surface area contributed by atoms with Gasteiger partial charge in [-0.1, -0.05) is 36.4 Å². The molecule has 3 rings (SSSR count). The summed E-state index contributed by atoms with van der Waals surface area (Å²) >= 11 is 0. The molecule has 1 heterocycles. The summed E-state index contributed by atoms with van der Waals surface area (Å²) in [6.07, 6.45) is 0. The Labute approximate surface area is 142 Å². The van der Waals surface area contributed by atoms with E-state index in [4.69, 9.17) is 4.74 Å². The van der Waals surface area contributed by atoms with Crippen molar-refractivity contribution in [2.45, 2.75) is 6.61 Å². The Hall–Kier alpha value is -2.04. The highest BCUT2D eigenvalue weighted by Crippen LogP contribution is 2.15. The minimum atomic E-state index is -0.0444. The summed E-state index contributed by atoms with van der Waals surface area (Å²) in [6, 6.07) is 17.3. The maximum Gasteiger partial charge on any atom is 0.251 e. The Bertz CT molecular complexity index is 630. The summed E-state index contributed by atoms with van der Waals surface area (Å²) in [4.78, 5) is 12.1. The van der Waals surface area contributed by atoms with Crippen molar-refractivity contribution in [3.05, 3.63) is 65.7 Å². The number of ether oxygens (including phenoxy) is 1. The van der Waals surface area contributed by atoms with Crippen LogP contribution < -0.4 is 15.4 Å². The normalized spacial score (nSPS) is 13.6. The minimum absolute atomic E-state index is 0. The van der Waals surface area contributed by atoms with Crippen LogP contribution in [0, 0.1) is 5.92 Å². The first-order chi connectivity index (χ1) is 10.8. The molecule has 2 aromatic carbocycles. The first-order valence-electron chi connectivity index (χ1n) is 7.57. The monoisotopic (exact) mass is 332 g/mol. The van der Waals surface area contributed by atoms with Gasteiger partial charge in [-0.25, -0.2) is 0 Å². The van der Waals surface area contributed by atoms with Crippen LogP contribution in [-0.4, -0.2) is 25.5 Å². The third kappa shape index (κ3) is 4.98. The van der Waals surface area contributed by atoms with Gasteiger partial charge in [0, 0.05) is 31.1 Å². The first-order valence-corrected chi connectivity index (χ1v) is 7.57. The predicted molar refractivity (Wildman–Crippen MR) is 93.2 cm³/mol. The fourth-order valence-corrected chi connectivity index (χ4v) is 2.30. The molecule has 2 N–H and O–H groups in total. The van der Waals surface area contributed by atoms with E-state index < -0.39 is 0 Å². The molecule has 0 aliphatic carbocycles. The van der Waals surface area contributed by atoms with E-state index in [0.717, 1.165) is 25.2 Å². The summed E-state index contributed by atoms with van der Waals surface area (Å²) in [5.41, 5.74) is 1.74. The van der Waals surface area contributed by atoms with Crippen molar-refractivity contribution < 1.29 is 9.53 Å². The van der Waals surface area contributed by atoms with Gasteiger partial charge >= 0.3 is 0 Å². The van der Waals surface area contributed by atoms with Gasteiger partial charge in [0.15, 0.2) is 0 Å². The number of carbonyl (C=O) groups excluding carboxylic acids is 1. The van der Waals surface area contributed by atoms with Crippen LogP contribution in [0.1, 0.15) is 15.9 Å². The molecule has 1 aliphatic heterocycles. The van der Waals surface area contributed by atoms with Crippen LogP contribution in [0.3, 0.4) is 0 Å². The van der Waals surface area contributed by atoms with Crippen molar-refractivity contribution in [3.8, 4) is 5.75 Å². The maximum absolute atomic E-state index is 12.1. The lowest BCUT2D eigenvalue weighted by molar-refractivity contribution is 0.0941. The van der Waals surface area contributed by atoms with Gasteiger partial charge in [-0.15, -0.1) is 12.4 Å². The summed E-state index contributed by atoms with van der Waals surface area (Å²) in [5.74, 6) is 1.22. The molecular weight excluding hydrogens is 312 g/mol. The summed E-state index contributed by atoms with van der Waals surface area (Å²) < 4.78 is 5.75. The van der Waals surface area contributed by atoms with Gasteiger partial charge in [0.2, 0.25) is 0 Å². The molecule has 4 nitrogen and oxygen atoms in total. The fraction of sp³-hybridized carbons (Fsp3) is 0.278.